The standard InChI is InChI=1S/C16H15N3O5/c1-10-6-14(19-24-10)22-9-15(20)23-11(2)16(21)18-13-5-3-4-12(7-13)8-17/h3-7,11H,9H2,1-2H3,(H,18,21)/t11-/m1/s1. The van der Waals surface area contributed by atoms with Crippen LogP contribution in [0.15, 0.2) is 34.9 Å². The fraction of sp³-hybridized carbons (Fsp3) is 0.250. The minimum Gasteiger partial charge on any atom is -0.463 e. The number of nitriles is 1. The number of carbonyl (C=O) groups excluding carboxylic acids is 2. The average Bonchev–Trinajstić information content (AvgIpc) is 2.98. The molecule has 1 aromatic carbocycles. The van der Waals surface area contributed by atoms with Crippen LogP contribution in [0.4, 0.5) is 5.69 Å². The van der Waals surface area contributed by atoms with E-state index in [9.17, 15) is 9.59 Å². The number of nitrogens with zero attached hydrogens (tertiary/aromatic N) is 2. The molecule has 0 aliphatic rings. The van der Waals surface area contributed by atoms with Crippen molar-refractivity contribution in [1.82, 2.24) is 5.16 Å². The van der Waals surface area contributed by atoms with E-state index in [-0.39, 0.29) is 5.88 Å². The molecule has 0 fully saturated rings. The van der Waals surface area contributed by atoms with Crippen molar-refractivity contribution in [1.29, 1.82) is 5.26 Å². The Kier molecular flexibility index (Phi) is 5.52. The summed E-state index contributed by atoms with van der Waals surface area (Å²) in [4.78, 5) is 23.6. The summed E-state index contributed by atoms with van der Waals surface area (Å²) >= 11 is 0. The van der Waals surface area contributed by atoms with Gasteiger partial charge < -0.3 is 19.3 Å². The summed E-state index contributed by atoms with van der Waals surface area (Å²) in [7, 11) is 0. The number of hydrogen-bond acceptors (Lipinski definition) is 7. The van der Waals surface area contributed by atoms with Gasteiger partial charge in [-0.2, -0.15) is 5.26 Å². The third-order valence-corrected chi connectivity index (χ3v) is 2.88. The molecule has 0 saturated carbocycles. The Bertz CT molecular complexity index is 778. The first kappa shape index (κ1) is 17.0. The summed E-state index contributed by atoms with van der Waals surface area (Å²) in [5.41, 5.74) is 0.852. The van der Waals surface area contributed by atoms with Gasteiger partial charge in [-0.3, -0.25) is 4.79 Å². The molecule has 0 aliphatic carbocycles. The van der Waals surface area contributed by atoms with Crippen LogP contribution in [0.5, 0.6) is 5.88 Å². The van der Waals surface area contributed by atoms with Crippen LogP contribution in [0, 0.1) is 18.3 Å². The van der Waals surface area contributed by atoms with Gasteiger partial charge in [0.1, 0.15) is 5.76 Å². The predicted molar refractivity (Wildman–Crippen MR) is 82.1 cm³/mol. The molecule has 8 nitrogen and oxygen atoms in total. The molecule has 1 aromatic heterocycles. The van der Waals surface area contributed by atoms with Crippen LogP contribution in [0.1, 0.15) is 18.2 Å². The van der Waals surface area contributed by atoms with Gasteiger partial charge in [0, 0.05) is 11.8 Å². The quantitative estimate of drug-likeness (QED) is 0.804. The monoisotopic (exact) mass is 329 g/mol. The zero-order chi connectivity index (χ0) is 17.5. The zero-order valence-corrected chi connectivity index (χ0v) is 13.1. The number of carbonyl (C=O) groups is 2. The summed E-state index contributed by atoms with van der Waals surface area (Å²) in [6, 6.07) is 9.88. The van der Waals surface area contributed by atoms with Gasteiger partial charge in [0.05, 0.1) is 11.6 Å². The molecule has 1 heterocycles. The summed E-state index contributed by atoms with van der Waals surface area (Å²) in [5.74, 6) is -0.527. The Morgan fingerprint density at radius 2 is 2.21 bits per heavy atom. The van der Waals surface area contributed by atoms with Crippen molar-refractivity contribution in [3.8, 4) is 11.9 Å². The number of amides is 1. The van der Waals surface area contributed by atoms with Gasteiger partial charge in [0.2, 0.25) is 0 Å². The maximum absolute atomic E-state index is 12.0. The normalized spacial score (nSPS) is 11.2. The summed E-state index contributed by atoms with van der Waals surface area (Å²) in [6.07, 6.45) is -1.02. The second kappa shape index (κ2) is 7.78. The number of anilines is 1. The SMILES string of the molecule is Cc1cc(OCC(=O)O[C@H](C)C(=O)Nc2cccc(C#N)c2)no1. The molecule has 1 N–H and O–H groups in total. The fourth-order valence-corrected chi connectivity index (χ4v) is 1.74. The molecule has 0 aliphatic heterocycles. The Balaban J connectivity index is 1.82. The highest BCUT2D eigenvalue weighted by molar-refractivity contribution is 5.95. The van der Waals surface area contributed by atoms with Crippen LogP contribution >= 0.6 is 0 Å². The number of nitrogens with one attached hydrogen (secondary N) is 1. The lowest BCUT2D eigenvalue weighted by atomic mass is 10.2. The zero-order valence-electron chi connectivity index (χ0n) is 13.1. The Labute approximate surface area is 138 Å². The highest BCUT2D eigenvalue weighted by Gasteiger charge is 2.18. The van der Waals surface area contributed by atoms with Crippen LogP contribution in [0.3, 0.4) is 0 Å². The maximum Gasteiger partial charge on any atom is 0.345 e. The van der Waals surface area contributed by atoms with E-state index in [1.54, 1.807) is 25.1 Å². The third-order valence-electron chi connectivity index (χ3n) is 2.88. The van der Waals surface area contributed by atoms with Gasteiger partial charge in [-0.05, 0) is 37.2 Å². The van der Waals surface area contributed by atoms with Gasteiger partial charge >= 0.3 is 5.97 Å². The topological polar surface area (TPSA) is 114 Å². The van der Waals surface area contributed by atoms with Crippen molar-refractivity contribution in [3.05, 3.63) is 41.7 Å². The maximum atomic E-state index is 12.0. The predicted octanol–water partition coefficient (Wildman–Crippen LogP) is 1.80. The van der Waals surface area contributed by atoms with Crippen molar-refractivity contribution in [2.45, 2.75) is 20.0 Å². The highest BCUT2D eigenvalue weighted by atomic mass is 16.6. The van der Waals surface area contributed by atoms with E-state index >= 15 is 0 Å². The Morgan fingerprint density at radius 3 is 2.88 bits per heavy atom. The second-order valence-electron chi connectivity index (χ2n) is 4.88. The molecule has 24 heavy (non-hydrogen) atoms. The van der Waals surface area contributed by atoms with E-state index in [2.05, 4.69) is 10.5 Å². The van der Waals surface area contributed by atoms with Crippen LogP contribution in [-0.4, -0.2) is 29.7 Å². The number of benzene rings is 1. The van der Waals surface area contributed by atoms with Gasteiger partial charge in [-0.15, -0.1) is 0 Å². The molecule has 0 spiro atoms. The summed E-state index contributed by atoms with van der Waals surface area (Å²) in [6.45, 7) is 2.72. The Hall–Kier alpha value is -3.34. The molecule has 2 rings (SSSR count). The summed E-state index contributed by atoms with van der Waals surface area (Å²) < 4.78 is 14.8. The molecule has 0 radical (unpaired) electrons. The number of esters is 1. The van der Waals surface area contributed by atoms with Crippen molar-refractivity contribution in [2.24, 2.45) is 0 Å². The number of aromatic nitrogens is 1. The molecule has 0 saturated heterocycles. The van der Waals surface area contributed by atoms with Gasteiger partial charge in [-0.25, -0.2) is 4.79 Å². The second-order valence-corrected chi connectivity index (χ2v) is 4.88. The van der Waals surface area contributed by atoms with Crippen LogP contribution in [-0.2, 0) is 14.3 Å². The minimum atomic E-state index is -1.02. The van der Waals surface area contributed by atoms with E-state index in [4.69, 9.17) is 19.3 Å². The van der Waals surface area contributed by atoms with Gasteiger partial charge in [0.15, 0.2) is 12.7 Å². The first-order chi connectivity index (χ1) is 11.5. The van der Waals surface area contributed by atoms with Crippen molar-refractivity contribution in [2.75, 3.05) is 11.9 Å². The van der Waals surface area contributed by atoms with E-state index in [1.165, 1.54) is 19.1 Å². The van der Waals surface area contributed by atoms with Crippen LogP contribution < -0.4 is 10.1 Å². The smallest absolute Gasteiger partial charge is 0.345 e. The number of hydrogen-bond donors (Lipinski definition) is 1. The van der Waals surface area contributed by atoms with E-state index < -0.39 is 24.6 Å². The van der Waals surface area contributed by atoms with E-state index in [0.29, 0.717) is 17.0 Å². The fourth-order valence-electron chi connectivity index (χ4n) is 1.74. The Morgan fingerprint density at radius 1 is 1.42 bits per heavy atom. The van der Waals surface area contributed by atoms with Gasteiger partial charge in [0.25, 0.3) is 11.8 Å². The average molecular weight is 329 g/mol. The first-order valence-corrected chi connectivity index (χ1v) is 7.04. The molecule has 0 unspecified atom stereocenters. The van der Waals surface area contributed by atoms with Crippen molar-refractivity contribution in [3.63, 3.8) is 0 Å². The minimum absolute atomic E-state index is 0.162. The van der Waals surface area contributed by atoms with E-state index in [1.807, 2.05) is 6.07 Å². The lowest BCUT2D eigenvalue weighted by Crippen LogP contribution is -2.31. The number of ether oxygens (including phenoxy) is 2. The first-order valence-electron chi connectivity index (χ1n) is 7.04. The molecule has 2 aromatic rings. The third kappa shape index (κ3) is 4.84. The van der Waals surface area contributed by atoms with Gasteiger partial charge in [-0.1, -0.05) is 6.07 Å². The summed E-state index contributed by atoms with van der Waals surface area (Å²) in [5, 5.41) is 14.9. The van der Waals surface area contributed by atoms with Crippen LogP contribution in [0.2, 0.25) is 0 Å². The van der Waals surface area contributed by atoms with Crippen LogP contribution in [0.25, 0.3) is 0 Å². The number of rotatable bonds is 6. The molecule has 8 heteroatoms. The molecule has 1 atom stereocenters. The molecular weight excluding hydrogens is 314 g/mol. The van der Waals surface area contributed by atoms with Crippen molar-refractivity contribution >= 4 is 17.6 Å². The largest absolute Gasteiger partial charge is 0.463 e. The molecular formula is C16H15N3O5. The molecule has 124 valence electrons. The van der Waals surface area contributed by atoms with E-state index in [0.717, 1.165) is 0 Å². The lowest BCUT2D eigenvalue weighted by molar-refractivity contribution is -0.155. The highest BCUT2D eigenvalue weighted by Crippen LogP contribution is 2.11. The number of aryl methyl sites for hydroxylation is 1. The van der Waals surface area contributed by atoms with Crippen molar-refractivity contribution < 1.29 is 23.6 Å². The molecule has 1 amide bonds. The molecule has 0 bridgehead atoms. The lowest BCUT2D eigenvalue weighted by Gasteiger charge is -2.13.